The summed E-state index contributed by atoms with van der Waals surface area (Å²) in [6.45, 7) is 4.87. The Bertz CT molecular complexity index is 263. The number of aromatic nitrogens is 2. The van der Waals surface area contributed by atoms with Crippen molar-refractivity contribution in [3.8, 4) is 0 Å². The third-order valence-electron chi connectivity index (χ3n) is 1.58. The van der Waals surface area contributed by atoms with E-state index in [1.807, 2.05) is 13.0 Å². The highest BCUT2D eigenvalue weighted by Gasteiger charge is 1.97. The predicted molar refractivity (Wildman–Crippen MR) is 50.2 cm³/mol. The number of nitrogens with zero attached hydrogens (tertiary/aromatic N) is 2. The van der Waals surface area contributed by atoms with Gasteiger partial charge in [-0.25, -0.2) is 9.97 Å². The Morgan fingerprint density at radius 2 is 2.38 bits per heavy atom. The van der Waals surface area contributed by atoms with Gasteiger partial charge in [-0.15, -0.1) is 0 Å². The van der Waals surface area contributed by atoms with Gasteiger partial charge in [-0.05, 0) is 19.9 Å². The fourth-order valence-electron chi connectivity index (χ4n) is 1.01. The van der Waals surface area contributed by atoms with Crippen LogP contribution in [-0.4, -0.2) is 27.7 Å². The van der Waals surface area contributed by atoms with E-state index in [-0.39, 0.29) is 6.10 Å². The Hall–Kier alpha value is -1.00. The van der Waals surface area contributed by atoms with Crippen molar-refractivity contribution in [3.63, 3.8) is 0 Å². The lowest BCUT2D eigenvalue weighted by atomic mass is 10.3. The Balaban J connectivity index is 2.37. The molecule has 0 bridgehead atoms. The highest BCUT2D eigenvalue weighted by molar-refractivity contribution is 5.00. The minimum Gasteiger partial charge on any atom is -0.392 e. The normalized spacial score (nSPS) is 12.8. The van der Waals surface area contributed by atoms with E-state index in [4.69, 9.17) is 5.11 Å². The first-order valence-electron chi connectivity index (χ1n) is 4.36. The number of aryl methyl sites for hydroxylation is 1. The molecule has 0 amide bonds. The number of hydrogen-bond donors (Lipinski definition) is 2. The van der Waals surface area contributed by atoms with E-state index in [1.165, 1.54) is 0 Å². The molecule has 72 valence electrons. The van der Waals surface area contributed by atoms with Crippen molar-refractivity contribution in [1.82, 2.24) is 15.3 Å². The van der Waals surface area contributed by atoms with E-state index < -0.39 is 0 Å². The molecule has 1 atom stereocenters. The van der Waals surface area contributed by atoms with Gasteiger partial charge in [0.1, 0.15) is 5.82 Å². The first kappa shape index (κ1) is 10.1. The van der Waals surface area contributed by atoms with Crippen molar-refractivity contribution in [2.75, 3.05) is 6.54 Å². The molecule has 4 heteroatoms. The molecule has 0 fully saturated rings. The molecule has 2 N–H and O–H groups in total. The van der Waals surface area contributed by atoms with Crippen LogP contribution in [0.4, 0.5) is 0 Å². The van der Waals surface area contributed by atoms with Gasteiger partial charge < -0.3 is 10.4 Å². The van der Waals surface area contributed by atoms with Crippen LogP contribution in [0.15, 0.2) is 12.3 Å². The molecule has 1 heterocycles. The van der Waals surface area contributed by atoms with Gasteiger partial charge in [0, 0.05) is 19.3 Å². The van der Waals surface area contributed by atoms with Crippen LogP contribution in [0.5, 0.6) is 0 Å². The van der Waals surface area contributed by atoms with Gasteiger partial charge in [0.05, 0.1) is 11.8 Å². The monoisotopic (exact) mass is 181 g/mol. The van der Waals surface area contributed by atoms with Crippen molar-refractivity contribution in [2.45, 2.75) is 26.5 Å². The van der Waals surface area contributed by atoms with E-state index in [2.05, 4.69) is 15.3 Å². The first-order valence-corrected chi connectivity index (χ1v) is 4.36. The maximum atomic E-state index is 8.99. The lowest BCUT2D eigenvalue weighted by molar-refractivity contribution is 0.191. The number of nitrogens with one attached hydrogen (secondary N) is 1. The van der Waals surface area contributed by atoms with Crippen LogP contribution in [0.2, 0.25) is 0 Å². The molecule has 0 aliphatic rings. The standard InChI is InChI=1S/C9H15N3O/c1-7(13)5-10-6-9-3-4-11-8(2)12-9/h3-4,7,10,13H,5-6H2,1-2H3. The topological polar surface area (TPSA) is 58.0 Å². The molecule has 0 spiro atoms. The molecule has 4 nitrogen and oxygen atoms in total. The predicted octanol–water partition coefficient (Wildman–Crippen LogP) is 0.255. The van der Waals surface area contributed by atoms with Gasteiger partial charge in [0.25, 0.3) is 0 Å². The summed E-state index contributed by atoms with van der Waals surface area (Å²) in [6.07, 6.45) is 1.42. The second-order valence-corrected chi connectivity index (χ2v) is 3.08. The summed E-state index contributed by atoms with van der Waals surface area (Å²) in [5, 5.41) is 12.1. The van der Waals surface area contributed by atoms with Gasteiger partial charge in [-0.2, -0.15) is 0 Å². The lowest BCUT2D eigenvalue weighted by Crippen LogP contribution is -2.24. The van der Waals surface area contributed by atoms with E-state index in [1.54, 1.807) is 13.1 Å². The van der Waals surface area contributed by atoms with Gasteiger partial charge in [-0.3, -0.25) is 0 Å². The van der Waals surface area contributed by atoms with Crippen molar-refractivity contribution in [3.05, 3.63) is 23.8 Å². The maximum Gasteiger partial charge on any atom is 0.125 e. The Morgan fingerprint density at radius 3 is 3.00 bits per heavy atom. The number of aliphatic hydroxyl groups is 1. The van der Waals surface area contributed by atoms with Crippen molar-refractivity contribution >= 4 is 0 Å². The maximum absolute atomic E-state index is 8.99. The summed E-state index contributed by atoms with van der Waals surface area (Å²) in [5.74, 6) is 0.774. The van der Waals surface area contributed by atoms with Gasteiger partial charge >= 0.3 is 0 Å². The van der Waals surface area contributed by atoms with E-state index >= 15 is 0 Å². The lowest BCUT2D eigenvalue weighted by Gasteiger charge is -2.06. The summed E-state index contributed by atoms with van der Waals surface area (Å²) >= 11 is 0. The van der Waals surface area contributed by atoms with Crippen LogP contribution < -0.4 is 5.32 Å². The Kier molecular flexibility index (Phi) is 3.79. The molecule has 0 aliphatic heterocycles. The van der Waals surface area contributed by atoms with Crippen molar-refractivity contribution in [1.29, 1.82) is 0 Å². The SMILES string of the molecule is Cc1nccc(CNCC(C)O)n1. The summed E-state index contributed by atoms with van der Waals surface area (Å²) in [7, 11) is 0. The number of aliphatic hydroxyl groups excluding tert-OH is 1. The summed E-state index contributed by atoms with van der Waals surface area (Å²) in [5.41, 5.74) is 0.952. The van der Waals surface area contributed by atoms with Gasteiger partial charge in [-0.1, -0.05) is 0 Å². The molecule has 1 aromatic rings. The van der Waals surface area contributed by atoms with Crippen LogP contribution in [0.25, 0.3) is 0 Å². The molecule has 13 heavy (non-hydrogen) atoms. The molecule has 1 rings (SSSR count). The van der Waals surface area contributed by atoms with Crippen LogP contribution >= 0.6 is 0 Å². The van der Waals surface area contributed by atoms with E-state index in [9.17, 15) is 0 Å². The van der Waals surface area contributed by atoms with Crippen LogP contribution in [0.3, 0.4) is 0 Å². The molecule has 1 unspecified atom stereocenters. The molecule has 0 saturated carbocycles. The fourth-order valence-corrected chi connectivity index (χ4v) is 1.01. The molecule has 0 aliphatic carbocycles. The molecular weight excluding hydrogens is 166 g/mol. The van der Waals surface area contributed by atoms with E-state index in [0.717, 1.165) is 11.5 Å². The summed E-state index contributed by atoms with van der Waals surface area (Å²) < 4.78 is 0. The summed E-state index contributed by atoms with van der Waals surface area (Å²) in [6, 6.07) is 1.86. The van der Waals surface area contributed by atoms with Crippen LogP contribution in [0, 0.1) is 6.92 Å². The first-order chi connectivity index (χ1) is 6.18. The highest BCUT2D eigenvalue weighted by atomic mass is 16.3. The fraction of sp³-hybridized carbons (Fsp3) is 0.556. The zero-order valence-electron chi connectivity index (χ0n) is 7.99. The largest absolute Gasteiger partial charge is 0.392 e. The molecule has 0 aromatic carbocycles. The summed E-state index contributed by atoms with van der Waals surface area (Å²) in [4.78, 5) is 8.21. The van der Waals surface area contributed by atoms with Crippen molar-refractivity contribution in [2.24, 2.45) is 0 Å². The Morgan fingerprint density at radius 1 is 1.62 bits per heavy atom. The second-order valence-electron chi connectivity index (χ2n) is 3.08. The number of rotatable bonds is 4. The zero-order valence-corrected chi connectivity index (χ0v) is 7.99. The van der Waals surface area contributed by atoms with Crippen molar-refractivity contribution < 1.29 is 5.11 Å². The van der Waals surface area contributed by atoms with Crippen LogP contribution in [-0.2, 0) is 6.54 Å². The molecule has 0 saturated heterocycles. The van der Waals surface area contributed by atoms with E-state index in [0.29, 0.717) is 13.1 Å². The highest BCUT2D eigenvalue weighted by Crippen LogP contribution is 1.93. The Labute approximate surface area is 78.0 Å². The average molecular weight is 181 g/mol. The third-order valence-corrected chi connectivity index (χ3v) is 1.58. The molecule has 1 aromatic heterocycles. The smallest absolute Gasteiger partial charge is 0.125 e. The minimum absolute atomic E-state index is 0.317. The zero-order chi connectivity index (χ0) is 9.68. The minimum atomic E-state index is -0.317. The van der Waals surface area contributed by atoms with Gasteiger partial charge in [0.15, 0.2) is 0 Å². The molecule has 0 radical (unpaired) electrons. The van der Waals surface area contributed by atoms with Gasteiger partial charge in [0.2, 0.25) is 0 Å². The molecular formula is C9H15N3O. The second kappa shape index (κ2) is 4.89. The quantitative estimate of drug-likeness (QED) is 0.699. The average Bonchev–Trinajstić information content (AvgIpc) is 2.03. The van der Waals surface area contributed by atoms with Crippen LogP contribution in [0.1, 0.15) is 18.4 Å². The third kappa shape index (κ3) is 3.96. The number of hydrogen-bond acceptors (Lipinski definition) is 4.